The number of carbonyl (C=O) groups is 1. The average Bonchev–Trinajstić information content (AvgIpc) is 3.62. The normalized spacial score (nSPS) is 13.1. The zero-order valence-corrected chi connectivity index (χ0v) is 18.1. The van der Waals surface area contributed by atoms with Gasteiger partial charge < -0.3 is 24.3 Å². The molecule has 3 rings (SSSR count). The minimum atomic E-state index is -0.0152. The number of methoxy groups -OCH3 is 4. The summed E-state index contributed by atoms with van der Waals surface area (Å²) in [5.41, 5.74) is 1.96. The molecule has 7 nitrogen and oxygen atoms in total. The van der Waals surface area contributed by atoms with Gasteiger partial charge in [0.25, 0.3) is 0 Å². The van der Waals surface area contributed by atoms with E-state index in [0.29, 0.717) is 37.2 Å². The second kappa shape index (κ2) is 10.2. The quantitative estimate of drug-likeness (QED) is 0.610. The Balaban J connectivity index is 1.61. The first-order valence-electron chi connectivity index (χ1n) is 10.0. The van der Waals surface area contributed by atoms with Gasteiger partial charge in [-0.15, -0.1) is 0 Å². The summed E-state index contributed by atoms with van der Waals surface area (Å²) < 4.78 is 21.4. The van der Waals surface area contributed by atoms with E-state index in [4.69, 9.17) is 18.9 Å². The van der Waals surface area contributed by atoms with Crippen molar-refractivity contribution < 1.29 is 23.7 Å². The van der Waals surface area contributed by atoms with Crippen LogP contribution >= 0.6 is 0 Å². The van der Waals surface area contributed by atoms with Crippen molar-refractivity contribution in [3.05, 3.63) is 47.5 Å². The van der Waals surface area contributed by atoms with E-state index in [1.807, 2.05) is 36.4 Å². The molecule has 0 aliphatic heterocycles. The molecule has 1 aliphatic carbocycles. The van der Waals surface area contributed by atoms with Crippen molar-refractivity contribution in [2.75, 3.05) is 35.0 Å². The maximum Gasteiger partial charge on any atom is 0.234 e. The average molecular weight is 415 g/mol. The van der Waals surface area contributed by atoms with Crippen molar-refractivity contribution in [3.8, 4) is 23.0 Å². The van der Waals surface area contributed by atoms with Crippen LogP contribution in [0.5, 0.6) is 23.0 Å². The molecule has 30 heavy (non-hydrogen) atoms. The van der Waals surface area contributed by atoms with Crippen molar-refractivity contribution in [1.29, 1.82) is 0 Å². The fourth-order valence-corrected chi connectivity index (χ4v) is 3.41. The van der Waals surface area contributed by atoms with Gasteiger partial charge in [-0.3, -0.25) is 9.69 Å². The lowest BCUT2D eigenvalue weighted by molar-refractivity contribution is -0.122. The molecule has 0 aromatic heterocycles. The van der Waals surface area contributed by atoms with Crippen LogP contribution in [0.1, 0.15) is 24.0 Å². The van der Waals surface area contributed by atoms with Crippen LogP contribution in [0.3, 0.4) is 0 Å². The molecule has 1 fully saturated rings. The molecular formula is C23H30N2O5. The van der Waals surface area contributed by atoms with Crippen LogP contribution in [0.15, 0.2) is 36.4 Å². The van der Waals surface area contributed by atoms with Crippen LogP contribution in [-0.4, -0.2) is 51.8 Å². The Morgan fingerprint density at radius 3 is 2.27 bits per heavy atom. The molecule has 1 aliphatic rings. The molecule has 0 bridgehead atoms. The standard InChI is InChI=1S/C23H30N2O5/c1-27-19-8-10-20(28-2)17(12-19)14-25(18-6-7-18)15-23(26)24-13-16-5-9-21(29-3)22(11-16)30-4/h5,8-12,18H,6-7,13-15H2,1-4H3,(H,24,26). The smallest absolute Gasteiger partial charge is 0.234 e. The molecule has 0 radical (unpaired) electrons. The van der Waals surface area contributed by atoms with Crippen molar-refractivity contribution in [1.82, 2.24) is 10.2 Å². The van der Waals surface area contributed by atoms with E-state index >= 15 is 0 Å². The number of amides is 1. The maximum absolute atomic E-state index is 12.6. The van der Waals surface area contributed by atoms with Crippen LogP contribution < -0.4 is 24.3 Å². The minimum Gasteiger partial charge on any atom is -0.497 e. The van der Waals surface area contributed by atoms with Gasteiger partial charge in [0, 0.05) is 24.7 Å². The largest absolute Gasteiger partial charge is 0.497 e. The zero-order valence-electron chi connectivity index (χ0n) is 18.1. The summed E-state index contributed by atoms with van der Waals surface area (Å²) in [6.45, 7) is 1.40. The lowest BCUT2D eigenvalue weighted by Crippen LogP contribution is -2.38. The molecule has 1 amide bonds. The Bertz CT molecular complexity index is 867. The Labute approximate surface area is 177 Å². The molecular weight excluding hydrogens is 384 g/mol. The summed E-state index contributed by atoms with van der Waals surface area (Å²) in [4.78, 5) is 14.8. The molecule has 0 atom stereocenters. The van der Waals surface area contributed by atoms with Gasteiger partial charge in [-0.05, 0) is 48.7 Å². The summed E-state index contributed by atoms with van der Waals surface area (Å²) in [5, 5.41) is 3.00. The van der Waals surface area contributed by atoms with Crippen molar-refractivity contribution in [2.45, 2.75) is 32.0 Å². The SMILES string of the molecule is COc1ccc(OC)c(CN(CC(=O)NCc2ccc(OC)c(OC)c2)C2CC2)c1. The van der Waals surface area contributed by atoms with Crippen LogP contribution in [0.4, 0.5) is 0 Å². The topological polar surface area (TPSA) is 69.3 Å². The Morgan fingerprint density at radius 1 is 0.933 bits per heavy atom. The molecule has 0 spiro atoms. The second-order valence-electron chi connectivity index (χ2n) is 7.28. The summed E-state index contributed by atoms with van der Waals surface area (Å²) in [6.07, 6.45) is 2.21. The van der Waals surface area contributed by atoms with Gasteiger partial charge >= 0.3 is 0 Å². The van der Waals surface area contributed by atoms with E-state index < -0.39 is 0 Å². The summed E-state index contributed by atoms with van der Waals surface area (Å²) in [6, 6.07) is 11.8. The molecule has 0 unspecified atom stereocenters. The van der Waals surface area contributed by atoms with E-state index in [9.17, 15) is 4.79 Å². The van der Waals surface area contributed by atoms with E-state index in [1.165, 1.54) is 0 Å². The summed E-state index contributed by atoms with van der Waals surface area (Å²) in [5.74, 6) is 2.87. The molecule has 2 aromatic rings. The fourth-order valence-electron chi connectivity index (χ4n) is 3.41. The predicted molar refractivity (Wildman–Crippen MR) is 114 cm³/mol. The first-order chi connectivity index (χ1) is 14.6. The minimum absolute atomic E-state index is 0.0152. The highest BCUT2D eigenvalue weighted by molar-refractivity contribution is 5.78. The molecule has 1 N–H and O–H groups in total. The second-order valence-corrected chi connectivity index (χ2v) is 7.28. The number of nitrogens with zero attached hydrogens (tertiary/aromatic N) is 1. The monoisotopic (exact) mass is 414 g/mol. The number of nitrogens with one attached hydrogen (secondary N) is 1. The van der Waals surface area contributed by atoms with E-state index in [-0.39, 0.29) is 5.91 Å². The lowest BCUT2D eigenvalue weighted by Gasteiger charge is -2.23. The van der Waals surface area contributed by atoms with Gasteiger partial charge in [-0.2, -0.15) is 0 Å². The van der Waals surface area contributed by atoms with E-state index in [1.54, 1.807) is 28.4 Å². The van der Waals surface area contributed by atoms with Gasteiger partial charge in [0.1, 0.15) is 11.5 Å². The number of hydrogen-bond acceptors (Lipinski definition) is 6. The predicted octanol–water partition coefficient (Wildman–Crippen LogP) is 3.00. The van der Waals surface area contributed by atoms with Crippen molar-refractivity contribution in [2.24, 2.45) is 0 Å². The molecule has 1 saturated carbocycles. The van der Waals surface area contributed by atoms with E-state index in [2.05, 4.69) is 10.2 Å². The highest BCUT2D eigenvalue weighted by atomic mass is 16.5. The van der Waals surface area contributed by atoms with Gasteiger partial charge in [0.2, 0.25) is 5.91 Å². The Morgan fingerprint density at radius 2 is 1.63 bits per heavy atom. The highest BCUT2D eigenvalue weighted by Crippen LogP contribution is 2.32. The first-order valence-corrected chi connectivity index (χ1v) is 10.0. The van der Waals surface area contributed by atoms with Gasteiger partial charge in [0.05, 0.1) is 35.0 Å². The maximum atomic E-state index is 12.6. The van der Waals surface area contributed by atoms with Gasteiger partial charge in [-0.25, -0.2) is 0 Å². The third-order valence-electron chi connectivity index (χ3n) is 5.21. The van der Waals surface area contributed by atoms with Crippen LogP contribution in [0, 0.1) is 0 Å². The molecule has 7 heteroatoms. The van der Waals surface area contributed by atoms with Crippen LogP contribution in [0.25, 0.3) is 0 Å². The van der Waals surface area contributed by atoms with Crippen LogP contribution in [-0.2, 0) is 17.9 Å². The number of benzene rings is 2. The van der Waals surface area contributed by atoms with E-state index in [0.717, 1.165) is 35.5 Å². The zero-order chi connectivity index (χ0) is 21.5. The highest BCUT2D eigenvalue weighted by Gasteiger charge is 2.31. The number of carbonyl (C=O) groups excluding carboxylic acids is 1. The fraction of sp³-hybridized carbons (Fsp3) is 0.435. The molecule has 0 saturated heterocycles. The van der Waals surface area contributed by atoms with Gasteiger partial charge in [-0.1, -0.05) is 6.07 Å². The molecule has 0 heterocycles. The molecule has 162 valence electrons. The third-order valence-corrected chi connectivity index (χ3v) is 5.21. The number of ether oxygens (including phenoxy) is 4. The lowest BCUT2D eigenvalue weighted by atomic mass is 10.1. The summed E-state index contributed by atoms with van der Waals surface area (Å²) >= 11 is 0. The summed E-state index contributed by atoms with van der Waals surface area (Å²) in [7, 11) is 6.50. The first kappa shape index (κ1) is 21.8. The third kappa shape index (κ3) is 5.57. The Hall–Kier alpha value is -2.93. The molecule has 2 aromatic carbocycles. The van der Waals surface area contributed by atoms with Crippen LogP contribution in [0.2, 0.25) is 0 Å². The van der Waals surface area contributed by atoms with Gasteiger partial charge in [0.15, 0.2) is 11.5 Å². The number of hydrogen-bond donors (Lipinski definition) is 1. The van der Waals surface area contributed by atoms with Crippen molar-refractivity contribution in [3.63, 3.8) is 0 Å². The number of rotatable bonds is 11. The Kier molecular flexibility index (Phi) is 7.41. The van der Waals surface area contributed by atoms with Crippen molar-refractivity contribution >= 4 is 5.91 Å².